The number of carbonyl (C=O) groups is 17. The molecule has 5 aromatic rings. The Bertz CT molecular complexity index is 4590. The minimum atomic E-state index is -1.95. The van der Waals surface area contributed by atoms with Crippen molar-refractivity contribution in [3.63, 3.8) is 0 Å². The fraction of sp³-hybridized carbons (Fsp3) is 0.544. The monoisotopic (exact) mass is 1720 g/mol. The first-order valence-electron chi connectivity index (χ1n) is 40.0. The lowest BCUT2D eigenvalue weighted by atomic mass is 9.98. The standard InChI is InChI=1S/C79H110N20O20S2/c1-37(2)22-51-67(107)84-32-61(101)87-50(19-20-62(102)103)68(108)90-52(23-38(3)4)73(113)96-64(39(5)6)77(117)93-54(25-43-30-83-49-17-12-10-15-47(43)49)70(110)95-58(35-121)75(115)97-65(41(8)100)79(119)98-21-13-18-59(98)78(118)99-33-44(80)26-60(99)76(116)92-56(28-63(104)105)72(112)94-57(34-120)74(114)86-40(7)66(106)88-53(24-42-29-82-48-16-11-9-14-46(42)48)69(109)91-55(71(111)89-51)27-45-31-81-36-85-45/h9-12,14-17,29-31,36-41,44,50-60,64-65,82-83,100,120-121H,13,18-28,32-35,80H2,1-8H3,(H,81,85)(H,84,107)(H,86,114)(H,87,101)(H,88,106)(H,89,111)(H,90,108)(H,91,109)(H,92,116)(H,93,117)(H,94,112)(H,95,110)(H,96,113)(H,97,115)(H,102,103)(H,104,105)/t40-,41+,44-,50-,51-,52-,53-,54-,55-,56-,57-,58-,59+,60-,64-,65-/m0/s1. The number of nitrogens with two attached hydrogens (primary N) is 1. The van der Waals surface area contributed by atoms with Crippen molar-refractivity contribution in [1.82, 2.24) is 98.9 Å². The summed E-state index contributed by atoms with van der Waals surface area (Å²) in [7, 11) is 0. The molecule has 0 radical (unpaired) electrons. The second kappa shape index (κ2) is 44.0. The fourth-order valence-electron chi connectivity index (χ4n) is 14.6. The maximum absolute atomic E-state index is 15.0. The van der Waals surface area contributed by atoms with Gasteiger partial charge in [0.2, 0.25) is 88.6 Å². The van der Waals surface area contributed by atoms with E-state index in [0.29, 0.717) is 38.6 Å². The van der Waals surface area contributed by atoms with Crippen molar-refractivity contribution >= 4 is 148 Å². The van der Waals surface area contributed by atoms with Crippen molar-refractivity contribution in [2.45, 2.75) is 223 Å². The maximum atomic E-state index is 15.0. The van der Waals surface area contributed by atoms with Crippen LogP contribution in [0.25, 0.3) is 21.8 Å². The van der Waals surface area contributed by atoms with Crippen molar-refractivity contribution in [2.24, 2.45) is 23.5 Å². The van der Waals surface area contributed by atoms with E-state index in [9.17, 15) is 96.8 Å². The minimum absolute atomic E-state index is 0.00762. The highest BCUT2D eigenvalue weighted by Crippen LogP contribution is 2.28. The van der Waals surface area contributed by atoms with E-state index in [1.165, 1.54) is 26.4 Å². The molecule has 3 saturated heterocycles. The molecule has 121 heavy (non-hydrogen) atoms. The number of amides is 15. The van der Waals surface area contributed by atoms with Crippen LogP contribution < -0.4 is 74.9 Å². The lowest BCUT2D eigenvalue weighted by Crippen LogP contribution is -2.62. The number of aliphatic hydroxyl groups excluding tert-OH is 1. The molecule has 3 aliphatic heterocycles. The summed E-state index contributed by atoms with van der Waals surface area (Å²) in [6.07, 6.45) is 0.845. The number of hydrogen-bond donors (Lipinski definition) is 22. The van der Waals surface area contributed by atoms with Crippen molar-refractivity contribution in [2.75, 3.05) is 31.1 Å². The molecule has 0 spiro atoms. The van der Waals surface area contributed by atoms with Crippen LogP contribution in [-0.4, -0.2) is 273 Å². The Balaban J connectivity index is 1.12. The first kappa shape index (κ1) is 94.8. The van der Waals surface area contributed by atoms with Crippen molar-refractivity contribution < 1.29 is 96.8 Å². The van der Waals surface area contributed by atoms with Crippen LogP contribution in [0.1, 0.15) is 124 Å². The normalized spacial score (nSPS) is 26.5. The molecule has 0 saturated carbocycles. The maximum Gasteiger partial charge on any atom is 0.305 e. The number of benzene rings is 2. The highest BCUT2D eigenvalue weighted by molar-refractivity contribution is 7.80. The van der Waals surface area contributed by atoms with Gasteiger partial charge in [-0.25, -0.2) is 4.98 Å². The van der Waals surface area contributed by atoms with Gasteiger partial charge in [-0.1, -0.05) is 77.9 Å². The molecule has 3 aliphatic rings. The molecule has 8 rings (SSSR count). The van der Waals surface area contributed by atoms with Crippen LogP contribution in [0.5, 0.6) is 0 Å². The molecule has 42 heteroatoms. The van der Waals surface area contributed by atoms with E-state index in [1.807, 2.05) is 0 Å². The van der Waals surface area contributed by atoms with E-state index in [0.717, 1.165) is 9.80 Å². The van der Waals surface area contributed by atoms with Gasteiger partial charge in [-0.3, -0.25) is 81.5 Å². The summed E-state index contributed by atoms with van der Waals surface area (Å²) in [5.74, 6) is -20.3. The third-order valence-electron chi connectivity index (χ3n) is 20.9. The highest BCUT2D eigenvalue weighted by Gasteiger charge is 2.48. The lowest BCUT2D eigenvalue weighted by Gasteiger charge is -2.34. The molecular formula is C79H110N20O20S2. The Hall–Kier alpha value is -11.7. The number of thiol groups is 2. The van der Waals surface area contributed by atoms with E-state index < -0.39 is 241 Å². The summed E-state index contributed by atoms with van der Waals surface area (Å²) >= 11 is 8.62. The molecule has 0 aliphatic carbocycles. The second-order valence-corrected chi connectivity index (χ2v) is 32.5. The number of carbonyl (C=O) groups excluding carboxylic acids is 15. The van der Waals surface area contributed by atoms with Gasteiger partial charge in [-0.05, 0) is 93.4 Å². The van der Waals surface area contributed by atoms with E-state index in [4.69, 9.17) is 5.73 Å². The number of aromatic amines is 3. The molecule has 0 bridgehead atoms. The van der Waals surface area contributed by atoms with Crippen LogP contribution in [0.3, 0.4) is 0 Å². The number of hydrogen-bond acceptors (Lipinski definition) is 22. The summed E-state index contributed by atoms with van der Waals surface area (Å²) < 4.78 is 0. The Kier molecular flexibility index (Phi) is 34.5. The molecule has 40 nitrogen and oxygen atoms in total. The van der Waals surface area contributed by atoms with E-state index >= 15 is 0 Å². The molecule has 16 atom stereocenters. The molecule has 0 unspecified atom stereocenters. The van der Waals surface area contributed by atoms with Crippen LogP contribution in [0.2, 0.25) is 0 Å². The number of aliphatic hydroxyl groups is 1. The number of carboxylic acid groups (broad SMARTS) is 2. The topological polar surface area (TPSA) is 600 Å². The fourth-order valence-corrected chi connectivity index (χ4v) is 15.1. The van der Waals surface area contributed by atoms with Gasteiger partial charge in [0.25, 0.3) is 0 Å². The van der Waals surface area contributed by atoms with Crippen molar-refractivity contribution in [3.8, 4) is 0 Å². The zero-order valence-corrected chi connectivity index (χ0v) is 70.1. The number of nitrogens with one attached hydrogen (secondary N) is 16. The van der Waals surface area contributed by atoms with Crippen LogP contribution in [0.4, 0.5) is 0 Å². The molecule has 658 valence electrons. The number of fused-ring (bicyclic) bond motifs is 4. The van der Waals surface area contributed by atoms with Gasteiger partial charge in [0.15, 0.2) is 0 Å². The van der Waals surface area contributed by atoms with Gasteiger partial charge < -0.3 is 115 Å². The van der Waals surface area contributed by atoms with Crippen LogP contribution >= 0.6 is 25.3 Å². The Morgan fingerprint density at radius 2 is 0.975 bits per heavy atom. The van der Waals surface area contributed by atoms with E-state index in [2.05, 4.69) is 114 Å². The predicted molar refractivity (Wildman–Crippen MR) is 443 cm³/mol. The smallest absolute Gasteiger partial charge is 0.305 e. The van der Waals surface area contributed by atoms with E-state index in [-0.39, 0.29) is 76.3 Å². The first-order valence-corrected chi connectivity index (χ1v) is 41.3. The Morgan fingerprint density at radius 1 is 0.504 bits per heavy atom. The molecule has 15 amide bonds. The zero-order valence-electron chi connectivity index (χ0n) is 68.3. The van der Waals surface area contributed by atoms with Crippen molar-refractivity contribution in [1.29, 1.82) is 0 Å². The van der Waals surface area contributed by atoms with Gasteiger partial charge in [0.1, 0.15) is 84.6 Å². The predicted octanol–water partition coefficient (Wildman–Crippen LogP) is -3.39. The molecule has 6 heterocycles. The van der Waals surface area contributed by atoms with Gasteiger partial charge in [0, 0.05) is 102 Å². The average Bonchev–Trinajstić information content (AvgIpc) is 1.67. The number of aliphatic carboxylic acids is 2. The molecule has 3 fully saturated rings. The lowest BCUT2D eigenvalue weighted by molar-refractivity contribution is -0.149. The Labute approximate surface area is 707 Å². The third-order valence-corrected chi connectivity index (χ3v) is 21.6. The number of H-pyrrole nitrogens is 3. The molecule has 3 aromatic heterocycles. The number of carboxylic acids is 2. The van der Waals surface area contributed by atoms with Gasteiger partial charge >= 0.3 is 11.9 Å². The summed E-state index contributed by atoms with van der Waals surface area (Å²) in [6, 6.07) is -9.08. The summed E-state index contributed by atoms with van der Waals surface area (Å²) in [4.78, 5) is 258. The first-order chi connectivity index (χ1) is 57.3. The Morgan fingerprint density at radius 3 is 1.50 bits per heavy atom. The third kappa shape index (κ3) is 26.4. The van der Waals surface area contributed by atoms with Gasteiger partial charge in [-0.2, -0.15) is 25.3 Å². The largest absolute Gasteiger partial charge is 0.481 e. The minimum Gasteiger partial charge on any atom is -0.481 e. The van der Waals surface area contributed by atoms with E-state index in [1.54, 1.807) is 102 Å². The van der Waals surface area contributed by atoms with Gasteiger partial charge in [-0.15, -0.1) is 0 Å². The zero-order chi connectivity index (χ0) is 88.8. The summed E-state index contributed by atoms with van der Waals surface area (Å²) in [6.45, 7) is 11.2. The number of nitrogens with zero attached hydrogens (tertiary/aromatic N) is 3. The van der Waals surface area contributed by atoms with Crippen LogP contribution in [-0.2, 0) is 101 Å². The molecule has 2 aromatic carbocycles. The quantitative estimate of drug-likeness (QED) is 0.0359. The summed E-state index contributed by atoms with van der Waals surface area (Å²) in [5, 5.41) is 65.5. The number of rotatable bonds is 19. The molecular weight excluding hydrogens is 1610 g/mol. The molecule has 21 N–H and O–H groups in total. The van der Waals surface area contributed by atoms with Gasteiger partial charge in [0.05, 0.1) is 25.4 Å². The SMILES string of the molecule is CC(C)C[C@@H]1NC(=O)[C@H](Cc2cnc[nH]2)NC(=O)[C@H](Cc2c[nH]c3ccccc23)NC(=O)[C@H](C)NC(=O)[C@H](CS)NC(=O)[C@H](CC(=O)O)NC(=O)[C@@H]2C[C@H](N)CN2C(=O)[C@H]2CCCN2C(=O)[C@H]([C@@H](C)O)NC(=O)[C@H](CS)NC(=O)[C@H](Cc2c[nH]c3ccccc23)NC(=O)[C@H](C(C)C)NC(=O)[C@H](CC(C)C)NC(=O)[C@H](CCC(=O)O)NC(=O)CNC1=O. The van der Waals surface area contributed by atoms with Crippen LogP contribution in [0, 0.1) is 17.8 Å². The van der Waals surface area contributed by atoms with Crippen LogP contribution in [0.15, 0.2) is 73.4 Å². The number of imidazole rings is 1. The summed E-state index contributed by atoms with van der Waals surface area (Å²) in [5.41, 5.74) is 9.01. The van der Waals surface area contributed by atoms with Crippen molar-refractivity contribution in [3.05, 3.63) is 90.3 Å². The average molecular weight is 1720 g/mol. The highest BCUT2D eigenvalue weighted by atomic mass is 32.1. The second-order valence-electron chi connectivity index (χ2n) is 31.8. The number of para-hydroxylation sites is 2. The number of aromatic nitrogens is 4.